The standard InChI is InChI=1S/C8H14F2N2O2/c1-5(3-2-4-11)8(12,6(9)10)7(13)14/h3,6H,2,4,11-12H2,1H3,(H,13,14)/b5-3+. The number of hydrogen-bond acceptors (Lipinski definition) is 3. The number of carboxylic acids is 1. The molecule has 0 aliphatic heterocycles. The largest absolute Gasteiger partial charge is 0.479 e. The number of aliphatic carboxylic acids is 1. The van der Waals surface area contributed by atoms with Crippen molar-refractivity contribution in [3.8, 4) is 0 Å². The molecule has 0 heterocycles. The van der Waals surface area contributed by atoms with Gasteiger partial charge in [-0.3, -0.25) is 0 Å². The molecule has 5 N–H and O–H groups in total. The zero-order valence-electron chi connectivity index (χ0n) is 7.84. The van der Waals surface area contributed by atoms with Crippen molar-refractivity contribution in [1.82, 2.24) is 0 Å². The molecule has 6 heteroatoms. The Labute approximate surface area is 80.6 Å². The van der Waals surface area contributed by atoms with Gasteiger partial charge in [0.15, 0.2) is 5.54 Å². The lowest BCUT2D eigenvalue weighted by molar-refractivity contribution is -0.147. The van der Waals surface area contributed by atoms with Gasteiger partial charge in [-0.2, -0.15) is 0 Å². The second-order valence-corrected chi connectivity index (χ2v) is 2.94. The van der Waals surface area contributed by atoms with Crippen molar-refractivity contribution in [3.05, 3.63) is 11.6 Å². The first-order valence-electron chi connectivity index (χ1n) is 4.05. The van der Waals surface area contributed by atoms with Gasteiger partial charge < -0.3 is 16.6 Å². The van der Waals surface area contributed by atoms with E-state index in [1.807, 2.05) is 0 Å². The van der Waals surface area contributed by atoms with Crippen LogP contribution in [0.1, 0.15) is 13.3 Å². The summed E-state index contributed by atoms with van der Waals surface area (Å²) in [5.41, 5.74) is 7.58. The van der Waals surface area contributed by atoms with Crippen molar-refractivity contribution >= 4 is 5.97 Å². The lowest BCUT2D eigenvalue weighted by Gasteiger charge is -2.24. The SMILES string of the molecule is C/C(=C\CCN)C(N)(C(=O)O)C(F)F. The molecule has 0 bridgehead atoms. The topological polar surface area (TPSA) is 89.3 Å². The minimum atomic E-state index is -3.14. The maximum Gasteiger partial charge on any atom is 0.334 e. The fourth-order valence-corrected chi connectivity index (χ4v) is 0.903. The van der Waals surface area contributed by atoms with E-state index in [0.717, 1.165) is 0 Å². The Morgan fingerprint density at radius 3 is 2.43 bits per heavy atom. The van der Waals surface area contributed by atoms with Crippen LogP contribution in [0.3, 0.4) is 0 Å². The zero-order valence-corrected chi connectivity index (χ0v) is 7.84. The van der Waals surface area contributed by atoms with Crippen LogP contribution in [0.2, 0.25) is 0 Å². The van der Waals surface area contributed by atoms with E-state index in [0.29, 0.717) is 6.42 Å². The molecule has 0 saturated heterocycles. The van der Waals surface area contributed by atoms with Crippen LogP contribution >= 0.6 is 0 Å². The van der Waals surface area contributed by atoms with Crippen molar-refractivity contribution in [2.75, 3.05) is 6.54 Å². The van der Waals surface area contributed by atoms with Gasteiger partial charge in [-0.05, 0) is 25.5 Å². The van der Waals surface area contributed by atoms with Crippen molar-refractivity contribution in [2.24, 2.45) is 11.5 Å². The number of carbonyl (C=O) groups is 1. The van der Waals surface area contributed by atoms with E-state index in [1.165, 1.54) is 13.0 Å². The molecule has 82 valence electrons. The van der Waals surface area contributed by atoms with Crippen LogP contribution in [-0.2, 0) is 4.79 Å². The molecule has 0 rings (SSSR count). The third-order valence-electron chi connectivity index (χ3n) is 1.97. The van der Waals surface area contributed by atoms with Gasteiger partial charge in [-0.15, -0.1) is 0 Å². The second kappa shape index (κ2) is 5.02. The first-order valence-corrected chi connectivity index (χ1v) is 4.05. The fraction of sp³-hybridized carbons (Fsp3) is 0.625. The van der Waals surface area contributed by atoms with Crippen LogP contribution in [0.5, 0.6) is 0 Å². The number of alkyl halides is 2. The molecule has 1 unspecified atom stereocenters. The Morgan fingerprint density at radius 2 is 2.14 bits per heavy atom. The van der Waals surface area contributed by atoms with Crippen LogP contribution < -0.4 is 11.5 Å². The molecule has 4 nitrogen and oxygen atoms in total. The first kappa shape index (κ1) is 13.0. The third-order valence-corrected chi connectivity index (χ3v) is 1.97. The van der Waals surface area contributed by atoms with Crippen molar-refractivity contribution in [1.29, 1.82) is 0 Å². The summed E-state index contributed by atoms with van der Waals surface area (Å²) >= 11 is 0. The van der Waals surface area contributed by atoms with E-state index in [2.05, 4.69) is 0 Å². The minimum absolute atomic E-state index is 0.0783. The quantitative estimate of drug-likeness (QED) is 0.568. The first-order chi connectivity index (χ1) is 6.37. The van der Waals surface area contributed by atoms with Gasteiger partial charge in [0.1, 0.15) is 0 Å². The summed E-state index contributed by atoms with van der Waals surface area (Å²) in [5.74, 6) is -1.74. The smallest absolute Gasteiger partial charge is 0.334 e. The number of halogens is 2. The van der Waals surface area contributed by atoms with Gasteiger partial charge in [0.25, 0.3) is 6.43 Å². The Morgan fingerprint density at radius 1 is 1.64 bits per heavy atom. The minimum Gasteiger partial charge on any atom is -0.479 e. The summed E-state index contributed by atoms with van der Waals surface area (Å²) in [4.78, 5) is 10.6. The predicted octanol–water partition coefficient (Wildman–Crippen LogP) is 0.329. The van der Waals surface area contributed by atoms with Crippen LogP contribution in [0.25, 0.3) is 0 Å². The Bertz CT molecular complexity index is 243. The second-order valence-electron chi connectivity index (χ2n) is 2.94. The Hall–Kier alpha value is -1.01. The summed E-state index contributed by atoms with van der Waals surface area (Å²) in [6.45, 7) is 1.52. The molecule has 0 radical (unpaired) electrons. The molecule has 14 heavy (non-hydrogen) atoms. The number of nitrogens with two attached hydrogens (primary N) is 2. The van der Waals surface area contributed by atoms with E-state index >= 15 is 0 Å². The van der Waals surface area contributed by atoms with Gasteiger partial charge in [-0.25, -0.2) is 13.6 Å². The highest BCUT2D eigenvalue weighted by atomic mass is 19.3. The Kier molecular flexibility index (Phi) is 4.65. The molecule has 1 atom stereocenters. The van der Waals surface area contributed by atoms with Gasteiger partial charge >= 0.3 is 5.97 Å². The molecule has 0 aromatic rings. The Balaban J connectivity index is 4.92. The number of carboxylic acid groups (broad SMARTS) is 1. The van der Waals surface area contributed by atoms with Gasteiger partial charge in [0.2, 0.25) is 0 Å². The highest BCUT2D eigenvalue weighted by Gasteiger charge is 2.45. The maximum absolute atomic E-state index is 12.4. The highest BCUT2D eigenvalue weighted by molar-refractivity contribution is 5.83. The lowest BCUT2D eigenvalue weighted by atomic mass is 9.91. The van der Waals surface area contributed by atoms with E-state index in [-0.39, 0.29) is 12.1 Å². The molecular formula is C8H14F2N2O2. The lowest BCUT2D eigenvalue weighted by Crippen LogP contribution is -2.55. The number of hydrogen-bond donors (Lipinski definition) is 3. The fourth-order valence-electron chi connectivity index (χ4n) is 0.903. The molecule has 0 aliphatic carbocycles. The summed E-state index contributed by atoms with van der Waals surface area (Å²) in [7, 11) is 0. The molecule has 0 aromatic carbocycles. The van der Waals surface area contributed by atoms with Crippen LogP contribution in [0, 0.1) is 0 Å². The van der Waals surface area contributed by atoms with Gasteiger partial charge in [-0.1, -0.05) is 6.08 Å². The molecule has 0 aliphatic rings. The summed E-state index contributed by atoms with van der Waals surface area (Å²) in [5, 5.41) is 8.60. The molecule has 0 aromatic heterocycles. The monoisotopic (exact) mass is 208 g/mol. The van der Waals surface area contributed by atoms with Gasteiger partial charge in [0.05, 0.1) is 0 Å². The summed E-state index contributed by atoms with van der Waals surface area (Å²) in [6, 6.07) is 0. The van der Waals surface area contributed by atoms with E-state index in [4.69, 9.17) is 16.6 Å². The highest BCUT2D eigenvalue weighted by Crippen LogP contribution is 2.22. The maximum atomic E-state index is 12.4. The normalized spacial score (nSPS) is 16.9. The van der Waals surface area contributed by atoms with Crippen LogP contribution in [-0.4, -0.2) is 29.6 Å². The zero-order chi connectivity index (χ0) is 11.4. The average Bonchev–Trinajstić information content (AvgIpc) is 2.11. The average molecular weight is 208 g/mol. The molecule has 0 saturated carbocycles. The van der Waals surface area contributed by atoms with Crippen molar-refractivity contribution in [3.63, 3.8) is 0 Å². The number of rotatable bonds is 5. The molecular weight excluding hydrogens is 194 g/mol. The van der Waals surface area contributed by atoms with Gasteiger partial charge in [0, 0.05) is 0 Å². The van der Waals surface area contributed by atoms with Crippen LogP contribution in [0.4, 0.5) is 8.78 Å². The van der Waals surface area contributed by atoms with E-state index in [1.54, 1.807) is 0 Å². The van der Waals surface area contributed by atoms with Crippen molar-refractivity contribution < 1.29 is 18.7 Å². The van der Waals surface area contributed by atoms with Crippen molar-refractivity contribution in [2.45, 2.75) is 25.3 Å². The van der Waals surface area contributed by atoms with E-state index < -0.39 is 17.9 Å². The summed E-state index contributed by atoms with van der Waals surface area (Å²) in [6.07, 6.45) is -1.50. The molecule has 0 amide bonds. The predicted molar refractivity (Wildman–Crippen MR) is 48.0 cm³/mol. The molecule has 0 fully saturated rings. The molecule has 0 spiro atoms. The van der Waals surface area contributed by atoms with Crippen LogP contribution in [0.15, 0.2) is 11.6 Å². The summed E-state index contributed by atoms with van der Waals surface area (Å²) < 4.78 is 24.9. The van der Waals surface area contributed by atoms with E-state index in [9.17, 15) is 13.6 Å². The third kappa shape index (κ3) is 2.49.